The Morgan fingerprint density at radius 2 is 1.09 bits per heavy atom. The minimum atomic E-state index is 0.557. The Kier molecular flexibility index (Phi) is 5.51. The van der Waals surface area contributed by atoms with Crippen LogP contribution in [-0.2, 0) is 0 Å². The SMILES string of the molecule is c1ccc2cc(-c3nc(-c4cccc5c4ccc4ccc6ccccc6c45)nc(-c4ccnc5oc6ccccc6c45)n3)ccc2c1. The lowest BCUT2D eigenvalue weighted by Gasteiger charge is -2.13. The van der Waals surface area contributed by atoms with Crippen LogP contribution < -0.4 is 0 Å². The third-order valence-corrected chi connectivity index (χ3v) is 9.17. The fourth-order valence-corrected chi connectivity index (χ4v) is 6.97. The standard InChI is InChI=1S/C42H24N4O/c1-2-10-28-24-29(19-16-25(28)8-1)39-44-40(46-41(45-39)35-22-23-43-42-38(35)34-12-5-6-15-36(34)47-42)33-14-7-13-32-31(33)21-20-27-18-17-26-9-3-4-11-30(26)37(27)32/h1-24H. The molecular weight excluding hydrogens is 576 g/mol. The maximum Gasteiger partial charge on any atom is 0.228 e. The first-order valence-electron chi connectivity index (χ1n) is 15.6. The van der Waals surface area contributed by atoms with Crippen LogP contribution in [0.2, 0.25) is 0 Å². The van der Waals surface area contributed by atoms with Crippen LogP contribution in [0, 0.1) is 0 Å². The van der Waals surface area contributed by atoms with Gasteiger partial charge in [-0.25, -0.2) is 19.9 Å². The van der Waals surface area contributed by atoms with E-state index in [-0.39, 0.29) is 0 Å². The molecule has 5 nitrogen and oxygen atoms in total. The molecule has 5 heteroatoms. The lowest BCUT2D eigenvalue weighted by atomic mass is 9.94. The Morgan fingerprint density at radius 1 is 0.404 bits per heavy atom. The Balaban J connectivity index is 1.28. The molecule has 0 spiro atoms. The van der Waals surface area contributed by atoms with E-state index in [1.54, 1.807) is 6.20 Å². The molecule has 0 atom stereocenters. The molecule has 0 saturated carbocycles. The summed E-state index contributed by atoms with van der Waals surface area (Å²) in [5.74, 6) is 1.79. The minimum absolute atomic E-state index is 0.557. The average Bonchev–Trinajstić information content (AvgIpc) is 3.53. The van der Waals surface area contributed by atoms with Crippen LogP contribution in [0.15, 0.2) is 150 Å². The van der Waals surface area contributed by atoms with E-state index in [1.807, 2.05) is 24.3 Å². The molecule has 10 rings (SSSR count). The molecule has 0 N–H and O–H groups in total. The summed E-state index contributed by atoms with van der Waals surface area (Å²) in [6.07, 6.45) is 1.76. The number of hydrogen-bond donors (Lipinski definition) is 0. The van der Waals surface area contributed by atoms with Crippen molar-refractivity contribution in [3.63, 3.8) is 0 Å². The fraction of sp³-hybridized carbons (Fsp3) is 0. The van der Waals surface area contributed by atoms with Gasteiger partial charge in [0.05, 0.1) is 5.39 Å². The van der Waals surface area contributed by atoms with Crippen molar-refractivity contribution in [3.05, 3.63) is 146 Å². The summed E-state index contributed by atoms with van der Waals surface area (Å²) >= 11 is 0. The second-order valence-corrected chi connectivity index (χ2v) is 11.9. The number of benzene rings is 7. The van der Waals surface area contributed by atoms with Gasteiger partial charge in [-0.1, -0.05) is 121 Å². The maximum atomic E-state index is 6.14. The van der Waals surface area contributed by atoms with Crippen LogP contribution in [0.5, 0.6) is 0 Å². The maximum absolute atomic E-state index is 6.14. The predicted octanol–water partition coefficient (Wildman–Crippen LogP) is 10.8. The first-order chi connectivity index (χ1) is 23.3. The number of furan rings is 1. The summed E-state index contributed by atoms with van der Waals surface area (Å²) in [5, 5.41) is 11.3. The Labute approximate surface area is 268 Å². The molecule has 7 aromatic carbocycles. The van der Waals surface area contributed by atoms with Crippen molar-refractivity contribution in [1.29, 1.82) is 0 Å². The van der Waals surface area contributed by atoms with Gasteiger partial charge in [0, 0.05) is 28.3 Å². The molecule has 3 heterocycles. The Bertz CT molecular complexity index is 2870. The van der Waals surface area contributed by atoms with E-state index in [0.717, 1.165) is 49.2 Å². The topological polar surface area (TPSA) is 64.7 Å². The Morgan fingerprint density at radius 3 is 2.00 bits per heavy atom. The van der Waals surface area contributed by atoms with E-state index in [4.69, 9.17) is 19.4 Å². The predicted molar refractivity (Wildman–Crippen MR) is 191 cm³/mol. The third kappa shape index (κ3) is 4.03. The molecule has 0 radical (unpaired) electrons. The highest BCUT2D eigenvalue weighted by molar-refractivity contribution is 6.22. The second-order valence-electron chi connectivity index (χ2n) is 11.9. The van der Waals surface area contributed by atoms with Crippen molar-refractivity contribution < 1.29 is 4.42 Å². The van der Waals surface area contributed by atoms with Gasteiger partial charge in [0.25, 0.3) is 0 Å². The number of rotatable bonds is 3. The van der Waals surface area contributed by atoms with Gasteiger partial charge in [-0.15, -0.1) is 0 Å². The highest BCUT2D eigenvalue weighted by Crippen LogP contribution is 2.39. The van der Waals surface area contributed by atoms with Crippen molar-refractivity contribution in [1.82, 2.24) is 19.9 Å². The number of aromatic nitrogens is 4. The highest BCUT2D eigenvalue weighted by Gasteiger charge is 2.20. The van der Waals surface area contributed by atoms with E-state index in [2.05, 4.69) is 120 Å². The van der Waals surface area contributed by atoms with Crippen molar-refractivity contribution in [3.8, 4) is 34.2 Å². The number of pyridine rings is 1. The first-order valence-corrected chi connectivity index (χ1v) is 15.6. The van der Waals surface area contributed by atoms with E-state index < -0.39 is 0 Å². The van der Waals surface area contributed by atoms with Gasteiger partial charge in [-0.2, -0.15) is 0 Å². The molecule has 3 aromatic heterocycles. The van der Waals surface area contributed by atoms with Crippen LogP contribution in [0.4, 0.5) is 0 Å². The van der Waals surface area contributed by atoms with Crippen molar-refractivity contribution >= 4 is 65.2 Å². The molecule has 218 valence electrons. The van der Waals surface area contributed by atoms with E-state index >= 15 is 0 Å². The summed E-state index contributed by atoms with van der Waals surface area (Å²) in [5.41, 5.74) is 4.06. The zero-order valence-electron chi connectivity index (χ0n) is 25.1. The summed E-state index contributed by atoms with van der Waals surface area (Å²) in [7, 11) is 0. The first kappa shape index (κ1) is 25.8. The fourth-order valence-electron chi connectivity index (χ4n) is 6.97. The molecule has 0 unspecified atom stereocenters. The number of nitrogens with zero attached hydrogens (tertiary/aromatic N) is 4. The smallest absolute Gasteiger partial charge is 0.228 e. The van der Waals surface area contributed by atoms with Gasteiger partial charge in [0.15, 0.2) is 17.5 Å². The van der Waals surface area contributed by atoms with Crippen LogP contribution in [0.1, 0.15) is 0 Å². The van der Waals surface area contributed by atoms with E-state index in [9.17, 15) is 0 Å². The summed E-state index contributed by atoms with van der Waals surface area (Å²) in [4.78, 5) is 20.0. The van der Waals surface area contributed by atoms with Crippen LogP contribution >= 0.6 is 0 Å². The molecule has 0 saturated heterocycles. The normalized spacial score (nSPS) is 11.8. The molecule has 0 aliphatic heterocycles. The van der Waals surface area contributed by atoms with Gasteiger partial charge in [0.1, 0.15) is 5.58 Å². The summed E-state index contributed by atoms with van der Waals surface area (Å²) in [6.45, 7) is 0. The van der Waals surface area contributed by atoms with Gasteiger partial charge < -0.3 is 4.42 Å². The molecule has 0 aliphatic carbocycles. The monoisotopic (exact) mass is 600 g/mol. The summed E-state index contributed by atoms with van der Waals surface area (Å²) in [6, 6.07) is 48.4. The molecule has 0 fully saturated rings. The molecule has 0 bridgehead atoms. The van der Waals surface area contributed by atoms with E-state index in [0.29, 0.717) is 23.2 Å². The Hall–Kier alpha value is -6.46. The van der Waals surface area contributed by atoms with E-state index in [1.165, 1.54) is 26.9 Å². The number of fused-ring (bicyclic) bond motifs is 9. The van der Waals surface area contributed by atoms with Crippen molar-refractivity contribution in [2.24, 2.45) is 0 Å². The lowest BCUT2D eigenvalue weighted by molar-refractivity contribution is 0.654. The zero-order valence-corrected chi connectivity index (χ0v) is 25.1. The molecule has 10 aromatic rings. The molecule has 0 aliphatic rings. The minimum Gasteiger partial charge on any atom is -0.438 e. The summed E-state index contributed by atoms with van der Waals surface area (Å²) < 4.78 is 6.14. The molecular formula is C42H24N4O. The van der Waals surface area contributed by atoms with Crippen molar-refractivity contribution in [2.45, 2.75) is 0 Å². The zero-order chi connectivity index (χ0) is 30.9. The molecule has 47 heavy (non-hydrogen) atoms. The number of hydrogen-bond acceptors (Lipinski definition) is 5. The quantitative estimate of drug-likeness (QED) is 0.189. The molecule has 0 amide bonds. The van der Waals surface area contributed by atoms with Gasteiger partial charge >= 0.3 is 0 Å². The van der Waals surface area contributed by atoms with Gasteiger partial charge in [-0.3, -0.25) is 0 Å². The largest absolute Gasteiger partial charge is 0.438 e. The third-order valence-electron chi connectivity index (χ3n) is 9.17. The lowest BCUT2D eigenvalue weighted by Crippen LogP contribution is -2.01. The van der Waals surface area contributed by atoms with Gasteiger partial charge in [0.2, 0.25) is 5.71 Å². The van der Waals surface area contributed by atoms with Crippen LogP contribution in [0.3, 0.4) is 0 Å². The van der Waals surface area contributed by atoms with Crippen LogP contribution in [-0.4, -0.2) is 19.9 Å². The average molecular weight is 601 g/mol. The van der Waals surface area contributed by atoms with Crippen molar-refractivity contribution in [2.75, 3.05) is 0 Å². The highest BCUT2D eigenvalue weighted by atomic mass is 16.3. The van der Waals surface area contributed by atoms with Crippen LogP contribution in [0.25, 0.3) is 99.3 Å². The number of para-hydroxylation sites is 1. The van der Waals surface area contributed by atoms with Gasteiger partial charge in [-0.05, 0) is 61.3 Å². The second kappa shape index (κ2) is 10.0.